The molecule has 2 aromatic carbocycles. The number of anilines is 1. The van der Waals surface area contributed by atoms with E-state index in [-0.39, 0.29) is 24.1 Å². The summed E-state index contributed by atoms with van der Waals surface area (Å²) < 4.78 is 12.9. The Morgan fingerprint density at radius 2 is 2.04 bits per heavy atom. The number of benzene rings is 2. The molecule has 0 saturated carbocycles. The molecule has 1 heterocycles. The minimum atomic E-state index is -0.544. The molecule has 1 aliphatic rings. The molecular weight excluding hydrogens is 389 g/mol. The summed E-state index contributed by atoms with van der Waals surface area (Å²) in [6.45, 7) is 2.20. The monoisotopic (exact) mass is 405 g/mol. The average molecular weight is 406 g/mol. The molecule has 2 amide bonds. The van der Waals surface area contributed by atoms with E-state index in [9.17, 15) is 14.0 Å². The fourth-order valence-corrected chi connectivity index (χ4v) is 3.57. The quantitative estimate of drug-likeness (QED) is 0.792. The van der Waals surface area contributed by atoms with Crippen molar-refractivity contribution in [2.75, 3.05) is 5.32 Å². The van der Waals surface area contributed by atoms with Crippen molar-refractivity contribution in [3.05, 3.63) is 64.4 Å². The predicted molar refractivity (Wildman–Crippen MR) is 106 cm³/mol. The first-order chi connectivity index (χ1) is 12.9. The third-order valence-corrected chi connectivity index (χ3v) is 5.45. The molecule has 0 aliphatic carbocycles. The minimum absolute atomic E-state index is 0.0254. The molecule has 27 heavy (non-hydrogen) atoms. The second-order valence-electron chi connectivity index (χ2n) is 6.06. The molecule has 5 nitrogen and oxygen atoms in total. The van der Waals surface area contributed by atoms with E-state index >= 15 is 0 Å². The molecule has 0 radical (unpaired) electrons. The van der Waals surface area contributed by atoms with Crippen LogP contribution in [-0.2, 0) is 16.1 Å². The van der Waals surface area contributed by atoms with Crippen molar-refractivity contribution in [1.82, 2.24) is 5.32 Å². The number of hydrogen-bond donors (Lipinski definition) is 2. The standard InChI is InChI=1S/C19H17ClFN3O2S/c1-11-2-7-14(8-15(11)20)23-17(25)9-16-18(26)24-19(27-16)22-10-12-3-5-13(21)6-4-12/h2-8,16H,9-10H2,1H3,(H,23,25)(H,22,24,26)/t16-/m1/s1. The lowest BCUT2D eigenvalue weighted by molar-refractivity contribution is -0.122. The molecule has 2 N–H and O–H groups in total. The summed E-state index contributed by atoms with van der Waals surface area (Å²) in [4.78, 5) is 28.6. The summed E-state index contributed by atoms with van der Waals surface area (Å²) in [5.74, 6) is -0.840. The van der Waals surface area contributed by atoms with E-state index < -0.39 is 5.25 Å². The van der Waals surface area contributed by atoms with E-state index in [1.54, 1.807) is 24.3 Å². The van der Waals surface area contributed by atoms with E-state index in [1.807, 2.05) is 13.0 Å². The third kappa shape index (κ3) is 5.30. The zero-order valence-corrected chi connectivity index (χ0v) is 16.0. The van der Waals surface area contributed by atoms with Crippen molar-refractivity contribution in [3.8, 4) is 0 Å². The first kappa shape index (κ1) is 19.4. The van der Waals surface area contributed by atoms with Gasteiger partial charge in [-0.2, -0.15) is 0 Å². The maximum Gasteiger partial charge on any atom is 0.240 e. The highest BCUT2D eigenvalue weighted by atomic mass is 35.5. The smallest absolute Gasteiger partial charge is 0.240 e. The molecule has 0 bridgehead atoms. The molecular formula is C19H17ClFN3O2S. The number of halogens is 2. The Morgan fingerprint density at radius 3 is 2.74 bits per heavy atom. The summed E-state index contributed by atoms with van der Waals surface area (Å²) in [6, 6.07) is 11.2. The Kier molecular flexibility index (Phi) is 6.13. The van der Waals surface area contributed by atoms with Gasteiger partial charge in [0.2, 0.25) is 11.8 Å². The Morgan fingerprint density at radius 1 is 1.30 bits per heavy atom. The van der Waals surface area contributed by atoms with Gasteiger partial charge in [-0.3, -0.25) is 14.6 Å². The Labute approximate surface area is 165 Å². The molecule has 3 rings (SSSR count). The number of hydrogen-bond acceptors (Lipinski definition) is 4. The van der Waals surface area contributed by atoms with Crippen LogP contribution >= 0.6 is 23.4 Å². The number of thioether (sulfide) groups is 1. The fraction of sp³-hybridized carbons (Fsp3) is 0.211. The van der Waals surface area contributed by atoms with Crippen LogP contribution in [0.3, 0.4) is 0 Å². The van der Waals surface area contributed by atoms with Crippen LogP contribution in [-0.4, -0.2) is 22.2 Å². The zero-order valence-electron chi connectivity index (χ0n) is 14.5. The van der Waals surface area contributed by atoms with Gasteiger partial charge in [0.25, 0.3) is 0 Å². The highest BCUT2D eigenvalue weighted by Crippen LogP contribution is 2.24. The van der Waals surface area contributed by atoms with Crippen LogP contribution in [0.1, 0.15) is 17.5 Å². The molecule has 1 atom stereocenters. The lowest BCUT2D eigenvalue weighted by Gasteiger charge is -2.08. The summed E-state index contributed by atoms with van der Waals surface area (Å²) >= 11 is 7.26. The molecule has 0 spiro atoms. The van der Waals surface area contributed by atoms with Gasteiger partial charge in [-0.1, -0.05) is 41.6 Å². The van der Waals surface area contributed by atoms with Gasteiger partial charge in [0, 0.05) is 17.1 Å². The number of nitrogens with one attached hydrogen (secondary N) is 2. The molecule has 1 saturated heterocycles. The van der Waals surface area contributed by atoms with Crippen LogP contribution in [0.4, 0.5) is 10.1 Å². The first-order valence-electron chi connectivity index (χ1n) is 8.23. The van der Waals surface area contributed by atoms with Crippen molar-refractivity contribution in [1.29, 1.82) is 0 Å². The Balaban J connectivity index is 1.55. The fourth-order valence-electron chi connectivity index (χ4n) is 2.42. The molecule has 1 fully saturated rings. The Hall–Kier alpha value is -2.38. The van der Waals surface area contributed by atoms with E-state index in [0.29, 0.717) is 22.4 Å². The number of amides is 2. The van der Waals surface area contributed by atoms with E-state index in [4.69, 9.17) is 11.6 Å². The molecule has 140 valence electrons. The summed E-state index contributed by atoms with van der Waals surface area (Å²) in [5.41, 5.74) is 2.34. The third-order valence-electron chi connectivity index (χ3n) is 3.92. The van der Waals surface area contributed by atoms with E-state index in [0.717, 1.165) is 11.1 Å². The number of amidine groups is 1. The number of aliphatic imine (C=N–C) groups is 1. The average Bonchev–Trinajstić information content (AvgIpc) is 2.97. The lowest BCUT2D eigenvalue weighted by Crippen LogP contribution is -2.28. The number of rotatable bonds is 5. The van der Waals surface area contributed by atoms with Crippen LogP contribution in [0.5, 0.6) is 0 Å². The number of carbonyl (C=O) groups excluding carboxylic acids is 2. The van der Waals surface area contributed by atoms with Crippen LogP contribution in [0.15, 0.2) is 47.5 Å². The van der Waals surface area contributed by atoms with Gasteiger partial charge in [-0.05, 0) is 42.3 Å². The zero-order chi connectivity index (χ0) is 19.4. The molecule has 8 heteroatoms. The normalized spacial score (nSPS) is 17.8. The summed E-state index contributed by atoms with van der Waals surface area (Å²) in [5, 5.41) is 5.89. The SMILES string of the molecule is Cc1ccc(NC(=O)C[C@H]2SC(=NCc3ccc(F)cc3)NC2=O)cc1Cl. The van der Waals surface area contributed by atoms with Gasteiger partial charge in [0.1, 0.15) is 11.1 Å². The van der Waals surface area contributed by atoms with E-state index in [2.05, 4.69) is 15.6 Å². The second kappa shape index (κ2) is 8.54. The van der Waals surface area contributed by atoms with Gasteiger partial charge in [-0.25, -0.2) is 4.39 Å². The molecule has 1 aliphatic heterocycles. The van der Waals surface area contributed by atoms with Gasteiger partial charge in [0.05, 0.1) is 6.54 Å². The molecule has 2 aromatic rings. The molecule has 0 unspecified atom stereocenters. The van der Waals surface area contributed by atoms with Crippen LogP contribution in [0.2, 0.25) is 5.02 Å². The Bertz CT molecular complexity index is 902. The van der Waals surface area contributed by atoms with Gasteiger partial charge >= 0.3 is 0 Å². The van der Waals surface area contributed by atoms with Gasteiger partial charge in [0.15, 0.2) is 5.17 Å². The number of nitrogens with zero attached hydrogens (tertiary/aromatic N) is 1. The topological polar surface area (TPSA) is 70.6 Å². The van der Waals surface area contributed by atoms with Crippen LogP contribution in [0, 0.1) is 12.7 Å². The van der Waals surface area contributed by atoms with Crippen molar-refractivity contribution >= 4 is 46.0 Å². The maximum absolute atomic E-state index is 12.9. The van der Waals surface area contributed by atoms with Crippen LogP contribution in [0.25, 0.3) is 0 Å². The van der Waals surface area contributed by atoms with Crippen molar-refractivity contribution in [2.45, 2.75) is 25.1 Å². The second-order valence-corrected chi connectivity index (χ2v) is 7.66. The van der Waals surface area contributed by atoms with Gasteiger partial charge in [-0.15, -0.1) is 0 Å². The summed E-state index contributed by atoms with van der Waals surface area (Å²) in [7, 11) is 0. The highest BCUT2D eigenvalue weighted by Gasteiger charge is 2.32. The number of carbonyl (C=O) groups is 2. The lowest BCUT2D eigenvalue weighted by atomic mass is 10.2. The minimum Gasteiger partial charge on any atom is -0.326 e. The number of aryl methyl sites for hydroxylation is 1. The highest BCUT2D eigenvalue weighted by molar-refractivity contribution is 8.15. The van der Waals surface area contributed by atoms with Crippen molar-refractivity contribution < 1.29 is 14.0 Å². The van der Waals surface area contributed by atoms with Crippen LogP contribution < -0.4 is 10.6 Å². The summed E-state index contributed by atoms with van der Waals surface area (Å²) in [6.07, 6.45) is 0.0254. The van der Waals surface area contributed by atoms with Crippen molar-refractivity contribution in [2.24, 2.45) is 4.99 Å². The molecule has 0 aromatic heterocycles. The van der Waals surface area contributed by atoms with E-state index in [1.165, 1.54) is 23.9 Å². The predicted octanol–water partition coefficient (Wildman–Crippen LogP) is 3.90. The first-order valence-corrected chi connectivity index (χ1v) is 9.49. The van der Waals surface area contributed by atoms with Gasteiger partial charge < -0.3 is 10.6 Å². The van der Waals surface area contributed by atoms with Crippen molar-refractivity contribution in [3.63, 3.8) is 0 Å². The maximum atomic E-state index is 12.9. The largest absolute Gasteiger partial charge is 0.326 e.